The SMILES string of the molecule is CNC(COc1ccc(Cl)cc1)CC1CC2CCC1C2. The number of ether oxygens (including phenoxy) is 1. The van der Waals surface area contributed by atoms with Crippen LogP contribution < -0.4 is 10.1 Å². The molecule has 0 aromatic heterocycles. The van der Waals surface area contributed by atoms with Crippen molar-refractivity contribution >= 4 is 11.6 Å². The third-order valence-electron chi connectivity index (χ3n) is 5.14. The van der Waals surface area contributed by atoms with Gasteiger partial charge in [0.1, 0.15) is 12.4 Å². The smallest absolute Gasteiger partial charge is 0.119 e. The average molecular weight is 294 g/mol. The first-order valence-corrected chi connectivity index (χ1v) is 8.18. The lowest BCUT2D eigenvalue weighted by atomic mass is 9.84. The van der Waals surface area contributed by atoms with E-state index in [-0.39, 0.29) is 0 Å². The molecule has 3 rings (SSSR count). The minimum atomic E-state index is 0.454. The van der Waals surface area contributed by atoms with Crippen LogP contribution in [0, 0.1) is 17.8 Å². The normalized spacial score (nSPS) is 29.6. The summed E-state index contributed by atoms with van der Waals surface area (Å²) in [6.45, 7) is 0.742. The highest BCUT2D eigenvalue weighted by Crippen LogP contribution is 2.49. The average Bonchev–Trinajstić information content (AvgIpc) is 3.07. The molecular formula is C17H24ClNO. The Labute approximate surface area is 126 Å². The Morgan fingerprint density at radius 2 is 2.05 bits per heavy atom. The zero-order valence-corrected chi connectivity index (χ0v) is 12.9. The topological polar surface area (TPSA) is 21.3 Å². The van der Waals surface area contributed by atoms with Crippen LogP contribution in [0.2, 0.25) is 5.02 Å². The second kappa shape index (κ2) is 6.36. The van der Waals surface area contributed by atoms with E-state index in [2.05, 4.69) is 5.32 Å². The van der Waals surface area contributed by atoms with Crippen LogP contribution >= 0.6 is 11.6 Å². The molecule has 1 N–H and O–H groups in total. The molecule has 3 heteroatoms. The molecule has 0 amide bonds. The summed E-state index contributed by atoms with van der Waals surface area (Å²) in [5.74, 6) is 3.84. The van der Waals surface area contributed by atoms with Gasteiger partial charge >= 0.3 is 0 Å². The molecule has 0 heterocycles. The Balaban J connectivity index is 1.48. The van der Waals surface area contributed by atoms with Gasteiger partial charge in [-0.15, -0.1) is 0 Å². The maximum absolute atomic E-state index is 5.88. The largest absolute Gasteiger partial charge is 0.492 e. The number of rotatable bonds is 6. The van der Waals surface area contributed by atoms with E-state index >= 15 is 0 Å². The Bertz CT molecular complexity index is 433. The number of fused-ring (bicyclic) bond motifs is 2. The van der Waals surface area contributed by atoms with E-state index in [9.17, 15) is 0 Å². The Hall–Kier alpha value is -0.730. The van der Waals surface area contributed by atoms with Gasteiger partial charge in [-0.25, -0.2) is 0 Å². The van der Waals surface area contributed by atoms with Gasteiger partial charge < -0.3 is 10.1 Å². The fourth-order valence-electron chi connectivity index (χ4n) is 4.03. The summed E-state index contributed by atoms with van der Waals surface area (Å²) in [4.78, 5) is 0. The van der Waals surface area contributed by atoms with E-state index in [0.29, 0.717) is 6.04 Å². The van der Waals surface area contributed by atoms with Crippen molar-refractivity contribution in [1.82, 2.24) is 5.32 Å². The summed E-state index contributed by atoms with van der Waals surface area (Å²) < 4.78 is 5.88. The second-order valence-corrected chi connectivity index (χ2v) is 6.86. The van der Waals surface area contributed by atoms with Gasteiger partial charge in [0, 0.05) is 11.1 Å². The van der Waals surface area contributed by atoms with Crippen molar-refractivity contribution < 1.29 is 4.74 Å². The molecule has 2 aliphatic carbocycles. The molecule has 0 saturated heterocycles. The first kappa shape index (κ1) is 14.2. The standard InChI is InChI=1S/C17H24ClNO/c1-19-16(10-14-9-12-2-3-13(14)8-12)11-20-17-6-4-15(18)5-7-17/h4-7,12-14,16,19H,2-3,8-11H2,1H3. The highest BCUT2D eigenvalue weighted by Gasteiger charge is 2.39. The highest BCUT2D eigenvalue weighted by molar-refractivity contribution is 6.30. The third kappa shape index (κ3) is 3.29. The van der Waals surface area contributed by atoms with Crippen LogP contribution in [0.3, 0.4) is 0 Å². The minimum absolute atomic E-state index is 0.454. The predicted octanol–water partition coefficient (Wildman–Crippen LogP) is 4.13. The molecule has 0 aliphatic heterocycles. The Kier molecular flexibility index (Phi) is 4.52. The van der Waals surface area contributed by atoms with Gasteiger partial charge in [0.2, 0.25) is 0 Å². The lowest BCUT2D eigenvalue weighted by molar-refractivity contribution is 0.217. The van der Waals surface area contributed by atoms with E-state index in [4.69, 9.17) is 16.3 Å². The fourth-order valence-corrected chi connectivity index (χ4v) is 4.15. The van der Waals surface area contributed by atoms with Gasteiger partial charge in [-0.3, -0.25) is 0 Å². The van der Waals surface area contributed by atoms with Gasteiger partial charge in [-0.2, -0.15) is 0 Å². The van der Waals surface area contributed by atoms with Crippen molar-refractivity contribution in [2.45, 2.75) is 38.1 Å². The van der Waals surface area contributed by atoms with Gasteiger partial charge in [0.05, 0.1) is 0 Å². The quantitative estimate of drug-likeness (QED) is 0.851. The second-order valence-electron chi connectivity index (χ2n) is 6.42. The van der Waals surface area contributed by atoms with E-state index in [1.165, 1.54) is 32.1 Å². The Morgan fingerprint density at radius 1 is 1.25 bits per heavy atom. The van der Waals surface area contributed by atoms with Gasteiger partial charge in [0.25, 0.3) is 0 Å². The number of hydrogen-bond acceptors (Lipinski definition) is 2. The monoisotopic (exact) mass is 293 g/mol. The van der Waals surface area contributed by atoms with E-state index in [0.717, 1.165) is 35.1 Å². The van der Waals surface area contributed by atoms with Crippen LogP contribution in [-0.4, -0.2) is 19.7 Å². The van der Waals surface area contributed by atoms with Crippen LogP contribution in [0.1, 0.15) is 32.1 Å². The summed E-state index contributed by atoms with van der Waals surface area (Å²) in [5, 5.41) is 4.17. The predicted molar refractivity (Wildman–Crippen MR) is 83.3 cm³/mol. The molecule has 2 saturated carbocycles. The molecule has 0 radical (unpaired) electrons. The van der Waals surface area contributed by atoms with Crippen LogP contribution in [0.25, 0.3) is 0 Å². The number of benzene rings is 1. The first-order valence-electron chi connectivity index (χ1n) is 7.80. The number of hydrogen-bond donors (Lipinski definition) is 1. The van der Waals surface area contributed by atoms with Crippen LogP contribution in [-0.2, 0) is 0 Å². The first-order chi connectivity index (χ1) is 9.74. The van der Waals surface area contributed by atoms with Gasteiger partial charge in [-0.05, 0) is 74.8 Å². The molecule has 4 unspecified atom stereocenters. The van der Waals surface area contributed by atoms with Gasteiger partial charge in [-0.1, -0.05) is 18.0 Å². The fraction of sp³-hybridized carbons (Fsp3) is 0.647. The molecule has 0 spiro atoms. The molecule has 20 heavy (non-hydrogen) atoms. The van der Waals surface area contributed by atoms with Crippen molar-refractivity contribution in [2.24, 2.45) is 17.8 Å². The zero-order valence-electron chi connectivity index (χ0n) is 12.1. The molecule has 110 valence electrons. The van der Waals surface area contributed by atoms with Crippen LogP contribution in [0.15, 0.2) is 24.3 Å². The van der Waals surface area contributed by atoms with Crippen LogP contribution in [0.5, 0.6) is 5.75 Å². The molecule has 4 atom stereocenters. The molecule has 2 fully saturated rings. The van der Waals surface area contributed by atoms with Crippen molar-refractivity contribution in [1.29, 1.82) is 0 Å². The molecule has 2 bridgehead atoms. The zero-order chi connectivity index (χ0) is 13.9. The summed E-state index contributed by atoms with van der Waals surface area (Å²) in [7, 11) is 2.04. The highest BCUT2D eigenvalue weighted by atomic mass is 35.5. The molecular weight excluding hydrogens is 270 g/mol. The van der Waals surface area contributed by atoms with Crippen LogP contribution in [0.4, 0.5) is 0 Å². The summed E-state index contributed by atoms with van der Waals surface area (Å²) >= 11 is 5.88. The number of likely N-dealkylation sites (N-methyl/N-ethyl adjacent to an activating group) is 1. The minimum Gasteiger partial charge on any atom is -0.492 e. The Morgan fingerprint density at radius 3 is 2.65 bits per heavy atom. The molecule has 1 aromatic carbocycles. The lowest BCUT2D eigenvalue weighted by Crippen LogP contribution is -2.34. The van der Waals surface area contributed by atoms with Crippen molar-refractivity contribution in [3.8, 4) is 5.75 Å². The van der Waals surface area contributed by atoms with E-state index in [1.807, 2.05) is 31.3 Å². The van der Waals surface area contributed by atoms with Crippen molar-refractivity contribution in [3.05, 3.63) is 29.3 Å². The summed E-state index contributed by atoms with van der Waals surface area (Å²) in [6.07, 6.45) is 7.13. The molecule has 1 aromatic rings. The summed E-state index contributed by atoms with van der Waals surface area (Å²) in [5.41, 5.74) is 0. The number of nitrogens with one attached hydrogen (secondary N) is 1. The van der Waals surface area contributed by atoms with Crippen molar-refractivity contribution in [3.63, 3.8) is 0 Å². The van der Waals surface area contributed by atoms with E-state index in [1.54, 1.807) is 0 Å². The van der Waals surface area contributed by atoms with Crippen molar-refractivity contribution in [2.75, 3.05) is 13.7 Å². The van der Waals surface area contributed by atoms with Gasteiger partial charge in [0.15, 0.2) is 0 Å². The molecule has 2 nitrogen and oxygen atoms in total. The lowest BCUT2D eigenvalue weighted by Gasteiger charge is -2.26. The maximum Gasteiger partial charge on any atom is 0.119 e. The third-order valence-corrected chi connectivity index (χ3v) is 5.40. The maximum atomic E-state index is 5.88. The summed E-state index contributed by atoms with van der Waals surface area (Å²) in [6, 6.07) is 8.08. The number of halogens is 1. The van der Waals surface area contributed by atoms with E-state index < -0.39 is 0 Å². The molecule has 2 aliphatic rings.